The zero-order valence-electron chi connectivity index (χ0n) is 11.3. The Morgan fingerprint density at radius 3 is 2.26 bits per heavy atom. The molecule has 1 aromatic carbocycles. The Hall–Kier alpha value is -1.10. The first-order valence-electron chi connectivity index (χ1n) is 6.30. The topological polar surface area (TPSA) is 12.0 Å². The molecule has 5 heteroatoms. The van der Waals surface area contributed by atoms with Crippen LogP contribution in [-0.2, 0) is 6.18 Å². The number of nitrogens with one attached hydrogen (secondary N) is 1. The molecule has 0 amide bonds. The molecule has 0 saturated carbocycles. The second kappa shape index (κ2) is 6.37. The van der Waals surface area contributed by atoms with Gasteiger partial charge in [-0.1, -0.05) is 26.0 Å². The van der Waals surface area contributed by atoms with Gasteiger partial charge in [-0.25, -0.2) is 4.39 Å². The van der Waals surface area contributed by atoms with Crippen molar-refractivity contribution < 1.29 is 17.6 Å². The lowest BCUT2D eigenvalue weighted by molar-refractivity contribution is -0.140. The maximum Gasteiger partial charge on any atom is 0.419 e. The molecule has 0 saturated heterocycles. The molecule has 0 heterocycles. The van der Waals surface area contributed by atoms with Gasteiger partial charge < -0.3 is 5.32 Å². The van der Waals surface area contributed by atoms with E-state index in [2.05, 4.69) is 5.32 Å². The van der Waals surface area contributed by atoms with E-state index in [1.807, 2.05) is 13.8 Å². The first-order chi connectivity index (χ1) is 8.77. The van der Waals surface area contributed by atoms with Gasteiger partial charge in [0.2, 0.25) is 0 Å². The molecule has 0 aromatic heterocycles. The highest BCUT2D eigenvalue weighted by Gasteiger charge is 2.35. The highest BCUT2D eigenvalue weighted by Crippen LogP contribution is 2.34. The molecule has 1 atom stereocenters. The maximum atomic E-state index is 14.0. The number of alkyl halides is 3. The number of benzene rings is 1. The Balaban J connectivity index is 3.05. The van der Waals surface area contributed by atoms with Crippen LogP contribution in [0.1, 0.15) is 43.9 Å². The van der Waals surface area contributed by atoms with Crippen molar-refractivity contribution in [3.05, 3.63) is 35.1 Å². The summed E-state index contributed by atoms with van der Waals surface area (Å²) in [6.07, 6.45) is -3.23. The molecule has 1 nitrogen and oxygen atoms in total. The fourth-order valence-electron chi connectivity index (χ4n) is 1.99. The van der Waals surface area contributed by atoms with Gasteiger partial charge in [-0.3, -0.25) is 0 Å². The van der Waals surface area contributed by atoms with Crippen LogP contribution in [0.3, 0.4) is 0 Å². The predicted molar refractivity (Wildman–Crippen MR) is 67.3 cm³/mol. The van der Waals surface area contributed by atoms with Crippen molar-refractivity contribution in [1.82, 2.24) is 5.32 Å². The van der Waals surface area contributed by atoms with Gasteiger partial charge in [0.1, 0.15) is 5.82 Å². The summed E-state index contributed by atoms with van der Waals surface area (Å²) in [5, 5.41) is 2.89. The Labute approximate surface area is 111 Å². The van der Waals surface area contributed by atoms with Crippen LogP contribution in [0.15, 0.2) is 18.2 Å². The molecule has 0 spiro atoms. The third-order valence-corrected chi connectivity index (χ3v) is 3.09. The Morgan fingerprint density at radius 2 is 1.79 bits per heavy atom. The van der Waals surface area contributed by atoms with Crippen LogP contribution in [0.4, 0.5) is 17.6 Å². The van der Waals surface area contributed by atoms with E-state index in [-0.39, 0.29) is 5.56 Å². The molecule has 108 valence electrons. The van der Waals surface area contributed by atoms with Gasteiger partial charge in [-0.2, -0.15) is 13.2 Å². The van der Waals surface area contributed by atoms with Crippen LogP contribution in [0.25, 0.3) is 0 Å². The quantitative estimate of drug-likeness (QED) is 0.779. The second-order valence-electron chi connectivity index (χ2n) is 5.02. The minimum atomic E-state index is -4.66. The molecular weight excluding hydrogens is 258 g/mol. The minimum Gasteiger partial charge on any atom is -0.313 e. The zero-order chi connectivity index (χ0) is 14.6. The van der Waals surface area contributed by atoms with E-state index in [4.69, 9.17) is 0 Å². The van der Waals surface area contributed by atoms with Gasteiger partial charge in [-0.15, -0.1) is 0 Å². The van der Waals surface area contributed by atoms with Gasteiger partial charge in [-0.05, 0) is 31.9 Å². The molecule has 1 unspecified atom stereocenters. The first kappa shape index (κ1) is 16.0. The van der Waals surface area contributed by atoms with Crippen LogP contribution < -0.4 is 5.32 Å². The normalized spacial score (nSPS) is 13.9. The number of hydrogen-bond acceptors (Lipinski definition) is 1. The van der Waals surface area contributed by atoms with E-state index >= 15 is 0 Å². The van der Waals surface area contributed by atoms with Crippen LogP contribution in [0.2, 0.25) is 0 Å². The molecule has 1 rings (SSSR count). The van der Waals surface area contributed by atoms with E-state index in [0.29, 0.717) is 12.3 Å². The number of hydrogen-bond donors (Lipinski definition) is 1. The highest BCUT2D eigenvalue weighted by molar-refractivity contribution is 5.30. The average Bonchev–Trinajstić information content (AvgIpc) is 2.29. The lowest BCUT2D eigenvalue weighted by Crippen LogP contribution is -2.20. The van der Waals surface area contributed by atoms with Crippen molar-refractivity contribution in [2.24, 2.45) is 5.92 Å². The third-order valence-electron chi connectivity index (χ3n) is 3.09. The fourth-order valence-corrected chi connectivity index (χ4v) is 1.99. The van der Waals surface area contributed by atoms with Crippen molar-refractivity contribution in [3.63, 3.8) is 0 Å². The fraction of sp³-hybridized carbons (Fsp3) is 0.571. The average molecular weight is 277 g/mol. The van der Waals surface area contributed by atoms with Crippen molar-refractivity contribution in [2.45, 2.75) is 38.9 Å². The highest BCUT2D eigenvalue weighted by atomic mass is 19.4. The van der Waals surface area contributed by atoms with E-state index in [1.54, 1.807) is 7.05 Å². The summed E-state index contributed by atoms with van der Waals surface area (Å²) in [6, 6.07) is 3.03. The first-order valence-corrected chi connectivity index (χ1v) is 6.30. The van der Waals surface area contributed by atoms with Crippen LogP contribution in [0, 0.1) is 11.7 Å². The van der Waals surface area contributed by atoms with Crippen molar-refractivity contribution in [1.29, 1.82) is 0 Å². The second-order valence-corrected chi connectivity index (χ2v) is 5.02. The Bertz CT molecular complexity index is 412. The zero-order valence-corrected chi connectivity index (χ0v) is 11.3. The minimum absolute atomic E-state index is 0.0815. The van der Waals surface area contributed by atoms with E-state index < -0.39 is 23.6 Å². The van der Waals surface area contributed by atoms with Gasteiger partial charge in [0, 0.05) is 11.6 Å². The van der Waals surface area contributed by atoms with E-state index in [9.17, 15) is 17.6 Å². The van der Waals surface area contributed by atoms with Gasteiger partial charge in [0.15, 0.2) is 0 Å². The third kappa shape index (κ3) is 4.20. The van der Waals surface area contributed by atoms with Crippen molar-refractivity contribution in [3.8, 4) is 0 Å². The van der Waals surface area contributed by atoms with Crippen LogP contribution in [0.5, 0.6) is 0 Å². The number of rotatable bonds is 5. The Kier molecular flexibility index (Phi) is 5.35. The van der Waals surface area contributed by atoms with Crippen LogP contribution >= 0.6 is 0 Å². The van der Waals surface area contributed by atoms with E-state index in [0.717, 1.165) is 12.5 Å². The molecule has 0 fully saturated rings. The summed E-state index contributed by atoms with van der Waals surface area (Å²) in [5.41, 5.74) is -1.12. The van der Waals surface area contributed by atoms with Gasteiger partial charge >= 0.3 is 6.18 Å². The molecule has 0 bridgehead atoms. The standard InChI is InChI=1S/C14H19F4N/c1-9(2)7-8-12(19-3)10-5-4-6-11(13(10)15)14(16,17)18/h4-6,9,12,19H,7-8H2,1-3H3. The SMILES string of the molecule is CNC(CCC(C)C)c1cccc(C(F)(F)F)c1F. The Morgan fingerprint density at radius 1 is 1.16 bits per heavy atom. The summed E-state index contributed by atoms with van der Waals surface area (Å²) in [4.78, 5) is 0. The molecule has 19 heavy (non-hydrogen) atoms. The molecule has 0 aliphatic rings. The summed E-state index contributed by atoms with van der Waals surface area (Å²) < 4.78 is 51.9. The monoisotopic (exact) mass is 277 g/mol. The molecule has 1 aromatic rings. The van der Waals surface area contributed by atoms with Crippen LogP contribution in [-0.4, -0.2) is 7.05 Å². The molecule has 0 aliphatic carbocycles. The van der Waals surface area contributed by atoms with Crippen molar-refractivity contribution in [2.75, 3.05) is 7.05 Å². The molecule has 0 aliphatic heterocycles. The molecule has 1 N–H and O–H groups in total. The van der Waals surface area contributed by atoms with Gasteiger partial charge in [0.05, 0.1) is 5.56 Å². The summed E-state index contributed by atoms with van der Waals surface area (Å²) >= 11 is 0. The number of halogens is 4. The summed E-state index contributed by atoms with van der Waals surface area (Å²) in [5.74, 6) is -0.747. The summed E-state index contributed by atoms with van der Waals surface area (Å²) in [6.45, 7) is 4.05. The van der Waals surface area contributed by atoms with Crippen molar-refractivity contribution >= 4 is 0 Å². The van der Waals surface area contributed by atoms with Gasteiger partial charge in [0.25, 0.3) is 0 Å². The van der Waals surface area contributed by atoms with E-state index in [1.165, 1.54) is 12.1 Å². The maximum absolute atomic E-state index is 14.0. The predicted octanol–water partition coefficient (Wildman–Crippen LogP) is 4.54. The largest absolute Gasteiger partial charge is 0.419 e. The lowest BCUT2D eigenvalue weighted by atomic mass is 9.96. The smallest absolute Gasteiger partial charge is 0.313 e. The molecular formula is C14H19F4N. The lowest BCUT2D eigenvalue weighted by Gasteiger charge is -2.20. The summed E-state index contributed by atoms with van der Waals surface area (Å²) in [7, 11) is 1.63. The molecule has 0 radical (unpaired) electrons.